The molecule has 4 aliphatic heterocycles. The second kappa shape index (κ2) is 13.3. The summed E-state index contributed by atoms with van der Waals surface area (Å²) in [4.78, 5) is 76.6. The van der Waals surface area contributed by atoms with Crippen molar-refractivity contribution in [2.45, 2.75) is 115 Å². The fourth-order valence-electron chi connectivity index (χ4n) is 8.10. The van der Waals surface area contributed by atoms with Crippen molar-refractivity contribution in [3.8, 4) is 11.1 Å². The number of fused-ring (bicyclic) bond motifs is 2. The maximum Gasteiger partial charge on any atom is 0.410 e. The topological polar surface area (TPSA) is 157 Å². The van der Waals surface area contributed by atoms with Crippen molar-refractivity contribution in [2.24, 2.45) is 0 Å². The molecule has 4 aromatic rings. The normalized spacial score (nSPS) is 23.1. The fraction of sp³-hybridized carbons (Fsp3) is 0.550. The first-order chi connectivity index (χ1) is 25.6. The molecule has 4 saturated heterocycles. The maximum atomic E-state index is 13.7. The Hall–Kier alpha value is -5.14. The van der Waals surface area contributed by atoms with Gasteiger partial charge in [0, 0.05) is 26.2 Å². The number of rotatable bonds is 5. The summed E-state index contributed by atoms with van der Waals surface area (Å²) in [5.41, 5.74) is 4.11. The van der Waals surface area contributed by atoms with Gasteiger partial charge in [-0.05, 0) is 115 Å². The molecule has 0 unspecified atom stereocenters. The van der Waals surface area contributed by atoms with E-state index in [1.807, 2.05) is 75.6 Å². The Labute approximate surface area is 314 Å². The molecule has 0 bridgehead atoms. The molecule has 54 heavy (non-hydrogen) atoms. The number of nitrogens with zero attached hydrogens (tertiary/aromatic N) is 6. The molecular weight excluding hydrogens is 688 g/mol. The molecule has 2 N–H and O–H groups in total. The highest BCUT2D eigenvalue weighted by atomic mass is 16.6. The number of nitrogens with one attached hydrogen (secondary N) is 2. The minimum atomic E-state index is -0.625. The maximum absolute atomic E-state index is 13.7. The third-order valence-corrected chi connectivity index (χ3v) is 10.9. The molecule has 0 saturated carbocycles. The molecule has 14 nitrogen and oxygen atoms in total. The first-order valence-electron chi connectivity index (χ1n) is 19.2. The molecule has 14 heteroatoms. The highest BCUT2D eigenvalue weighted by Crippen LogP contribution is 2.37. The zero-order valence-electron chi connectivity index (χ0n) is 32.0. The van der Waals surface area contributed by atoms with Gasteiger partial charge in [0.1, 0.15) is 34.9 Å². The minimum Gasteiger partial charge on any atom is -0.444 e. The van der Waals surface area contributed by atoms with Gasteiger partial charge in [0.15, 0.2) is 0 Å². The Kier molecular flexibility index (Phi) is 8.84. The van der Waals surface area contributed by atoms with Crippen LogP contribution in [0.15, 0.2) is 36.4 Å². The molecule has 0 aliphatic carbocycles. The lowest BCUT2D eigenvalue weighted by molar-refractivity contribution is -0.142. The van der Waals surface area contributed by atoms with E-state index in [-0.39, 0.29) is 23.9 Å². The van der Waals surface area contributed by atoms with Gasteiger partial charge in [-0.25, -0.2) is 19.6 Å². The highest BCUT2D eigenvalue weighted by molar-refractivity contribution is 5.90. The van der Waals surface area contributed by atoms with Crippen molar-refractivity contribution in [3.05, 3.63) is 48.0 Å². The van der Waals surface area contributed by atoms with Gasteiger partial charge in [-0.1, -0.05) is 12.1 Å². The molecule has 2 aromatic heterocycles. The van der Waals surface area contributed by atoms with E-state index < -0.39 is 35.5 Å². The Balaban J connectivity index is 0.969. The lowest BCUT2D eigenvalue weighted by Gasteiger charge is -2.42. The van der Waals surface area contributed by atoms with E-state index in [4.69, 9.17) is 19.4 Å². The van der Waals surface area contributed by atoms with E-state index >= 15 is 0 Å². The number of aromatic amines is 2. The number of aromatic nitrogens is 4. The van der Waals surface area contributed by atoms with Gasteiger partial charge in [0.2, 0.25) is 11.8 Å². The predicted octanol–water partition coefficient (Wildman–Crippen LogP) is 6.45. The van der Waals surface area contributed by atoms with Crippen LogP contribution in [0, 0.1) is 0 Å². The standard InChI is InChI=1S/C40H50N8O6/c1-39(2,3)53-37(51)47-19-15-31(47)35(49)45-17-7-9-29(45)33-41-25-13-11-23(21-27(25)43-33)24-12-14-26-28(22-24)44-34(42-26)30-10-8-18-46(30)36(50)32-16-20-48(32)38(52)54-40(4,5)6/h11-14,21-22,29-32H,7-10,15-20H2,1-6H3,(H,41,43)(H,42,44)/t29-,30-,31-,32-/m0/s1. The smallest absolute Gasteiger partial charge is 0.410 e. The summed E-state index contributed by atoms with van der Waals surface area (Å²) in [5, 5.41) is 0. The van der Waals surface area contributed by atoms with Crippen molar-refractivity contribution in [2.75, 3.05) is 26.2 Å². The van der Waals surface area contributed by atoms with Crippen LogP contribution in [0.5, 0.6) is 0 Å². The Morgan fingerprint density at radius 1 is 0.593 bits per heavy atom. The van der Waals surface area contributed by atoms with Crippen LogP contribution in [0.3, 0.4) is 0 Å². The fourth-order valence-corrected chi connectivity index (χ4v) is 8.10. The SMILES string of the molecule is CC(C)(C)OC(=O)N1CC[C@H]1C(=O)N1CCC[C@H]1c1nc2cc(-c3ccc4[nH]c([C@@H]5CCCN5C(=O)[C@@H]5CCN5C(=O)OC(C)(C)C)nc4c3)ccc2[nH]1. The molecule has 0 radical (unpaired) electrons. The second-order valence-corrected chi connectivity index (χ2v) is 17.0. The summed E-state index contributed by atoms with van der Waals surface area (Å²) in [7, 11) is 0. The number of amides is 4. The van der Waals surface area contributed by atoms with E-state index in [1.54, 1.807) is 0 Å². The molecule has 6 heterocycles. The van der Waals surface area contributed by atoms with E-state index in [9.17, 15) is 19.2 Å². The van der Waals surface area contributed by atoms with E-state index in [0.717, 1.165) is 70.5 Å². The minimum absolute atomic E-state index is 0.0571. The van der Waals surface area contributed by atoms with Gasteiger partial charge < -0.3 is 29.2 Å². The number of imidazole rings is 2. The van der Waals surface area contributed by atoms with Crippen LogP contribution in [0.4, 0.5) is 9.59 Å². The first kappa shape index (κ1) is 35.9. The summed E-state index contributed by atoms with van der Waals surface area (Å²) in [6.07, 6.45) is 3.66. The predicted molar refractivity (Wildman–Crippen MR) is 201 cm³/mol. The number of carbonyl (C=O) groups excluding carboxylic acids is 4. The molecular formula is C40H50N8O6. The van der Waals surface area contributed by atoms with Crippen LogP contribution >= 0.6 is 0 Å². The average Bonchev–Trinajstić information content (AvgIpc) is 3.86. The van der Waals surface area contributed by atoms with Crippen LogP contribution in [0.1, 0.15) is 104 Å². The van der Waals surface area contributed by atoms with Gasteiger partial charge in [-0.15, -0.1) is 0 Å². The monoisotopic (exact) mass is 738 g/mol. The van der Waals surface area contributed by atoms with Gasteiger partial charge in [-0.2, -0.15) is 0 Å². The van der Waals surface area contributed by atoms with Gasteiger partial charge in [0.05, 0.1) is 34.2 Å². The number of hydrogen-bond donors (Lipinski definition) is 2. The summed E-state index contributed by atoms with van der Waals surface area (Å²) >= 11 is 0. The largest absolute Gasteiger partial charge is 0.444 e. The van der Waals surface area contributed by atoms with Gasteiger partial charge >= 0.3 is 12.2 Å². The average molecular weight is 739 g/mol. The molecule has 4 fully saturated rings. The second-order valence-electron chi connectivity index (χ2n) is 17.0. The van der Waals surface area contributed by atoms with Crippen LogP contribution in [-0.4, -0.2) is 113 Å². The number of benzene rings is 2. The molecule has 0 spiro atoms. The van der Waals surface area contributed by atoms with Crippen molar-refractivity contribution >= 4 is 46.1 Å². The lowest BCUT2D eigenvalue weighted by Crippen LogP contribution is -2.59. The van der Waals surface area contributed by atoms with Gasteiger partial charge in [0.25, 0.3) is 0 Å². The third kappa shape index (κ3) is 6.75. The molecule has 4 aliphatic rings. The van der Waals surface area contributed by atoms with Crippen LogP contribution in [0.2, 0.25) is 0 Å². The zero-order chi connectivity index (χ0) is 38.1. The molecule has 2 aromatic carbocycles. The number of likely N-dealkylation sites (tertiary alicyclic amines) is 4. The van der Waals surface area contributed by atoms with Crippen LogP contribution < -0.4 is 0 Å². The zero-order valence-corrected chi connectivity index (χ0v) is 32.0. The first-order valence-corrected chi connectivity index (χ1v) is 19.2. The van der Waals surface area contributed by atoms with Crippen molar-refractivity contribution in [3.63, 3.8) is 0 Å². The highest BCUT2D eigenvalue weighted by Gasteiger charge is 2.46. The van der Waals surface area contributed by atoms with E-state index in [1.165, 1.54) is 9.80 Å². The summed E-state index contributed by atoms with van der Waals surface area (Å²) in [5.74, 6) is 1.38. The summed E-state index contributed by atoms with van der Waals surface area (Å²) in [6.45, 7) is 13.2. The Morgan fingerprint density at radius 2 is 1.00 bits per heavy atom. The quantitative estimate of drug-likeness (QED) is 0.237. The Bertz CT molecular complexity index is 1980. The summed E-state index contributed by atoms with van der Waals surface area (Å²) in [6, 6.07) is 10.8. The van der Waals surface area contributed by atoms with Crippen molar-refractivity contribution in [1.82, 2.24) is 39.5 Å². The summed E-state index contributed by atoms with van der Waals surface area (Å²) < 4.78 is 11.1. The van der Waals surface area contributed by atoms with E-state index in [0.29, 0.717) is 39.0 Å². The van der Waals surface area contributed by atoms with Crippen molar-refractivity contribution in [1.29, 1.82) is 0 Å². The number of carbonyl (C=O) groups is 4. The number of hydrogen-bond acceptors (Lipinski definition) is 8. The molecule has 8 rings (SSSR count). The molecule has 286 valence electrons. The molecule has 4 atom stereocenters. The Morgan fingerprint density at radius 3 is 1.35 bits per heavy atom. The third-order valence-electron chi connectivity index (χ3n) is 10.9. The molecule has 4 amide bonds. The number of H-pyrrole nitrogens is 2. The number of ether oxygens (including phenoxy) is 2. The van der Waals surface area contributed by atoms with E-state index in [2.05, 4.69) is 22.1 Å². The van der Waals surface area contributed by atoms with Crippen LogP contribution in [0.25, 0.3) is 33.2 Å². The lowest BCUT2D eigenvalue weighted by atomic mass is 10.0. The van der Waals surface area contributed by atoms with Gasteiger partial charge in [-0.3, -0.25) is 19.4 Å². The van der Waals surface area contributed by atoms with Crippen molar-refractivity contribution < 1.29 is 28.7 Å². The van der Waals surface area contributed by atoms with Crippen LogP contribution in [-0.2, 0) is 19.1 Å².